The summed E-state index contributed by atoms with van der Waals surface area (Å²) in [5.41, 5.74) is 0. The molecule has 47 valence electrons. The third kappa shape index (κ3) is 1.26. The van der Waals surface area contributed by atoms with E-state index in [1.54, 1.807) is 5.38 Å². The van der Waals surface area contributed by atoms with Crippen LogP contribution in [0.5, 0.6) is 0 Å². The third-order valence-electron chi connectivity index (χ3n) is 0.749. The van der Waals surface area contributed by atoms with Gasteiger partial charge >= 0.3 is 5.97 Å². The highest BCUT2D eigenvalue weighted by Crippen LogP contribution is 2.03. The lowest BCUT2D eigenvalue weighted by atomic mass is 10.7. The molecule has 9 heavy (non-hydrogen) atoms. The maximum absolute atomic E-state index is 10.6. The molecule has 1 aromatic heterocycles. The van der Waals surface area contributed by atoms with Crippen molar-refractivity contribution in [3.8, 4) is 0 Å². The Morgan fingerprint density at radius 3 is 3.22 bits per heavy atom. The van der Waals surface area contributed by atoms with E-state index in [-0.39, 0.29) is 0 Å². The molecule has 1 radical (unpaired) electrons. The van der Waals surface area contributed by atoms with E-state index in [0.717, 1.165) is 0 Å². The molecule has 0 saturated carbocycles. The summed E-state index contributed by atoms with van der Waals surface area (Å²) in [4.78, 5) is 14.2. The second-order valence-electron chi connectivity index (χ2n) is 1.27. The largest absolute Gasteiger partial charge is 0.464 e. The molecule has 1 aromatic rings. The average molecular weight is 142 g/mol. The number of carbonyl (C=O) groups is 1. The lowest BCUT2D eigenvalue weighted by Crippen LogP contribution is -1.98. The minimum absolute atomic E-state index is 0.345. The van der Waals surface area contributed by atoms with E-state index in [4.69, 9.17) is 0 Å². The minimum Gasteiger partial charge on any atom is -0.464 e. The van der Waals surface area contributed by atoms with E-state index in [9.17, 15) is 4.79 Å². The number of nitrogens with zero attached hydrogens (tertiary/aromatic N) is 1. The summed E-state index contributed by atoms with van der Waals surface area (Å²) in [6.45, 7) is 0. The Hall–Kier alpha value is -0.900. The van der Waals surface area contributed by atoms with Crippen LogP contribution in [0.15, 0.2) is 5.38 Å². The van der Waals surface area contributed by atoms with Crippen molar-refractivity contribution in [3.05, 3.63) is 16.6 Å². The van der Waals surface area contributed by atoms with Crippen molar-refractivity contribution < 1.29 is 9.53 Å². The van der Waals surface area contributed by atoms with Crippen molar-refractivity contribution >= 4 is 17.3 Å². The monoisotopic (exact) mass is 142 g/mol. The van der Waals surface area contributed by atoms with E-state index in [1.165, 1.54) is 18.4 Å². The smallest absolute Gasteiger partial charge is 0.367 e. The highest BCUT2D eigenvalue weighted by Gasteiger charge is 2.05. The molecule has 0 unspecified atom stereocenters. The zero-order valence-electron chi connectivity index (χ0n) is 4.75. The van der Waals surface area contributed by atoms with Gasteiger partial charge in [0.05, 0.1) is 7.11 Å². The molecule has 0 N–H and O–H groups in total. The number of carbonyl (C=O) groups excluding carboxylic acids is 1. The highest BCUT2D eigenvalue weighted by atomic mass is 32.1. The molecule has 0 aliphatic carbocycles. The Kier molecular flexibility index (Phi) is 1.79. The number of hydrogen-bond acceptors (Lipinski definition) is 4. The van der Waals surface area contributed by atoms with Crippen molar-refractivity contribution in [1.29, 1.82) is 0 Å². The first-order valence-electron chi connectivity index (χ1n) is 2.24. The quantitative estimate of drug-likeness (QED) is 0.542. The van der Waals surface area contributed by atoms with Gasteiger partial charge in [0.2, 0.25) is 5.01 Å². The van der Waals surface area contributed by atoms with Gasteiger partial charge in [-0.2, -0.15) is 0 Å². The van der Waals surface area contributed by atoms with Crippen molar-refractivity contribution in [1.82, 2.24) is 4.98 Å². The van der Waals surface area contributed by atoms with Crippen LogP contribution in [0.2, 0.25) is 0 Å². The topological polar surface area (TPSA) is 39.2 Å². The van der Waals surface area contributed by atoms with E-state index >= 15 is 0 Å². The molecule has 0 spiro atoms. The first-order chi connectivity index (χ1) is 4.34. The molecule has 1 rings (SSSR count). The SMILES string of the molecule is COC(=O)c1n[c]cs1. The molecule has 1 heterocycles. The molecule has 0 bridgehead atoms. The van der Waals surface area contributed by atoms with Gasteiger partial charge in [-0.1, -0.05) is 0 Å². The second-order valence-corrected chi connectivity index (χ2v) is 2.13. The molecule has 0 saturated heterocycles. The molecule has 0 aromatic carbocycles. The van der Waals surface area contributed by atoms with Crippen molar-refractivity contribution in [2.75, 3.05) is 7.11 Å². The maximum atomic E-state index is 10.6. The standard InChI is InChI=1S/C5H4NO2S/c1-8-5(7)4-6-2-3-9-4/h3H,1H3. The zero-order valence-corrected chi connectivity index (χ0v) is 5.57. The molecule has 3 nitrogen and oxygen atoms in total. The third-order valence-corrected chi connectivity index (χ3v) is 1.45. The molecule has 0 fully saturated rings. The normalized spacial score (nSPS) is 9.00. The Balaban J connectivity index is 2.77. The first kappa shape index (κ1) is 6.22. The summed E-state index contributed by atoms with van der Waals surface area (Å²) in [6.07, 6.45) is 2.51. The lowest BCUT2D eigenvalue weighted by Gasteiger charge is -1.88. The van der Waals surface area contributed by atoms with Crippen LogP contribution in [-0.4, -0.2) is 18.1 Å². The Morgan fingerprint density at radius 1 is 2.00 bits per heavy atom. The molecule has 0 amide bonds. The lowest BCUT2D eigenvalue weighted by molar-refractivity contribution is 0.0600. The Bertz CT molecular complexity index is 195. The number of thiazole rings is 1. The van der Waals surface area contributed by atoms with Crippen molar-refractivity contribution in [3.63, 3.8) is 0 Å². The van der Waals surface area contributed by atoms with Gasteiger partial charge in [0.1, 0.15) is 6.20 Å². The summed E-state index contributed by atoms with van der Waals surface area (Å²) >= 11 is 1.21. The highest BCUT2D eigenvalue weighted by molar-refractivity contribution is 7.11. The molecule has 0 aliphatic heterocycles. The van der Waals surface area contributed by atoms with E-state index < -0.39 is 5.97 Å². The van der Waals surface area contributed by atoms with Gasteiger partial charge in [0.25, 0.3) is 0 Å². The van der Waals surface area contributed by atoms with Crippen LogP contribution in [0.25, 0.3) is 0 Å². The fourth-order valence-electron chi connectivity index (χ4n) is 0.375. The molecule has 0 aliphatic rings. The van der Waals surface area contributed by atoms with Crippen molar-refractivity contribution in [2.45, 2.75) is 0 Å². The van der Waals surface area contributed by atoms with Crippen LogP contribution < -0.4 is 0 Å². The number of esters is 1. The molecular weight excluding hydrogens is 138 g/mol. The second kappa shape index (κ2) is 2.59. The van der Waals surface area contributed by atoms with E-state index in [0.29, 0.717) is 5.01 Å². The van der Waals surface area contributed by atoms with Crippen molar-refractivity contribution in [2.24, 2.45) is 0 Å². The van der Waals surface area contributed by atoms with Crippen LogP contribution in [0.4, 0.5) is 0 Å². The molecular formula is C5H4NO2S. The van der Waals surface area contributed by atoms with Crippen LogP contribution in [0.1, 0.15) is 9.80 Å². The maximum Gasteiger partial charge on any atom is 0.367 e. The zero-order chi connectivity index (χ0) is 6.69. The van der Waals surface area contributed by atoms with Crippen LogP contribution in [-0.2, 0) is 4.74 Å². The number of hydrogen-bond donors (Lipinski definition) is 0. The summed E-state index contributed by atoms with van der Waals surface area (Å²) in [7, 11) is 1.32. The van der Waals surface area contributed by atoms with Crippen LogP contribution in [0, 0.1) is 6.20 Å². The van der Waals surface area contributed by atoms with Crippen LogP contribution in [0.3, 0.4) is 0 Å². The fraction of sp³-hybridized carbons (Fsp3) is 0.200. The van der Waals surface area contributed by atoms with E-state index in [1.807, 2.05) is 0 Å². The number of methoxy groups -OCH3 is 1. The van der Waals surface area contributed by atoms with Gasteiger partial charge in [-0.05, 0) is 0 Å². The summed E-state index contributed by atoms with van der Waals surface area (Å²) < 4.78 is 4.38. The Labute approximate surface area is 56.3 Å². The van der Waals surface area contributed by atoms with E-state index in [2.05, 4.69) is 15.9 Å². The van der Waals surface area contributed by atoms with Gasteiger partial charge in [-0.3, -0.25) is 0 Å². The number of rotatable bonds is 1. The first-order valence-corrected chi connectivity index (χ1v) is 3.12. The predicted molar refractivity (Wildman–Crippen MR) is 32.3 cm³/mol. The van der Waals surface area contributed by atoms with Gasteiger partial charge in [0.15, 0.2) is 0 Å². The van der Waals surface area contributed by atoms with Gasteiger partial charge in [0, 0.05) is 5.38 Å². The summed E-state index contributed by atoms with van der Waals surface area (Å²) in [5, 5.41) is 1.95. The molecule has 0 atom stereocenters. The minimum atomic E-state index is -0.402. The summed E-state index contributed by atoms with van der Waals surface area (Å²) in [6, 6.07) is 0. The number of aromatic nitrogens is 1. The average Bonchev–Trinajstić information content (AvgIpc) is 2.37. The van der Waals surface area contributed by atoms with Gasteiger partial charge in [-0.25, -0.2) is 9.78 Å². The van der Waals surface area contributed by atoms with Gasteiger partial charge < -0.3 is 4.74 Å². The van der Waals surface area contributed by atoms with Gasteiger partial charge in [-0.15, -0.1) is 11.3 Å². The number of ether oxygens (including phenoxy) is 1. The molecule has 4 heteroatoms. The van der Waals surface area contributed by atoms with Crippen LogP contribution >= 0.6 is 11.3 Å². The fourth-order valence-corrected chi connectivity index (χ4v) is 0.877. The predicted octanol–water partition coefficient (Wildman–Crippen LogP) is 0.730. The Morgan fingerprint density at radius 2 is 2.78 bits per heavy atom. The summed E-state index contributed by atoms with van der Waals surface area (Å²) in [5.74, 6) is -0.402.